The van der Waals surface area contributed by atoms with Crippen LogP contribution < -0.4 is 0 Å². The molecule has 4 aliphatic rings. The van der Waals surface area contributed by atoms with Crippen LogP contribution in [0.1, 0.15) is 85.5 Å². The Morgan fingerprint density at radius 1 is 1.09 bits per heavy atom. The van der Waals surface area contributed by atoms with Crippen LogP contribution in [0.2, 0.25) is 0 Å². The summed E-state index contributed by atoms with van der Waals surface area (Å²) in [5.74, 6) is 4.32. The SMILES string of the molecule is CCC1C=CC(C2=CC(=C(C)C)C(CC(C)C3C=CCCC3)C(OCCC[N+]3=CCC3)=C2)CC1. The third-order valence-corrected chi connectivity index (χ3v) is 8.64. The molecule has 5 unspecified atom stereocenters. The first kappa shape index (κ1) is 25.3. The lowest BCUT2D eigenvalue weighted by molar-refractivity contribution is -0.546. The molecular weight excluding hydrogens is 414 g/mol. The van der Waals surface area contributed by atoms with Crippen LogP contribution in [0.5, 0.6) is 0 Å². The molecule has 2 heteroatoms. The zero-order chi connectivity index (χ0) is 23.9. The van der Waals surface area contributed by atoms with Crippen molar-refractivity contribution in [3.63, 3.8) is 0 Å². The number of ether oxygens (including phenoxy) is 1. The number of hydrogen-bond acceptors (Lipinski definition) is 1. The molecule has 34 heavy (non-hydrogen) atoms. The quantitative estimate of drug-likeness (QED) is 0.182. The van der Waals surface area contributed by atoms with Gasteiger partial charge in [-0.25, -0.2) is 4.58 Å². The molecule has 0 fully saturated rings. The first-order valence-electron chi connectivity index (χ1n) is 14.2. The van der Waals surface area contributed by atoms with Gasteiger partial charge in [0.2, 0.25) is 0 Å². The van der Waals surface area contributed by atoms with Crippen LogP contribution in [-0.2, 0) is 4.74 Å². The topological polar surface area (TPSA) is 12.2 Å². The average Bonchev–Trinajstić information content (AvgIpc) is 2.83. The van der Waals surface area contributed by atoms with Crippen LogP contribution >= 0.6 is 0 Å². The Kier molecular flexibility index (Phi) is 9.09. The van der Waals surface area contributed by atoms with Gasteiger partial charge in [0.05, 0.1) is 13.0 Å². The lowest BCUT2D eigenvalue weighted by atomic mass is 9.73. The smallest absolute Gasteiger partial charge is 0.151 e. The molecule has 0 aromatic carbocycles. The van der Waals surface area contributed by atoms with Gasteiger partial charge in [0.15, 0.2) is 6.54 Å². The largest absolute Gasteiger partial charge is 0.497 e. The highest BCUT2D eigenvalue weighted by Crippen LogP contribution is 2.42. The number of nitrogens with zero attached hydrogens (tertiary/aromatic N) is 1. The Balaban J connectivity index is 1.53. The van der Waals surface area contributed by atoms with E-state index >= 15 is 0 Å². The van der Waals surface area contributed by atoms with E-state index in [1.807, 2.05) is 0 Å². The Morgan fingerprint density at radius 2 is 1.94 bits per heavy atom. The third kappa shape index (κ3) is 6.43. The molecule has 1 heterocycles. The zero-order valence-electron chi connectivity index (χ0n) is 22.3. The van der Waals surface area contributed by atoms with Crippen LogP contribution in [0, 0.1) is 29.6 Å². The second-order valence-electron chi connectivity index (χ2n) is 11.4. The first-order valence-corrected chi connectivity index (χ1v) is 14.2. The van der Waals surface area contributed by atoms with Crippen molar-refractivity contribution in [1.29, 1.82) is 0 Å². The summed E-state index contributed by atoms with van der Waals surface area (Å²) in [6.45, 7) is 12.6. The Hall–Kier alpha value is -1.83. The predicted octanol–water partition coefficient (Wildman–Crippen LogP) is 8.03. The minimum absolute atomic E-state index is 0.394. The van der Waals surface area contributed by atoms with Crippen LogP contribution in [0.3, 0.4) is 0 Å². The highest BCUT2D eigenvalue weighted by molar-refractivity contribution is 5.54. The van der Waals surface area contributed by atoms with Gasteiger partial charge < -0.3 is 4.74 Å². The van der Waals surface area contributed by atoms with E-state index in [0.29, 0.717) is 23.7 Å². The van der Waals surface area contributed by atoms with Gasteiger partial charge >= 0.3 is 0 Å². The molecule has 0 saturated carbocycles. The summed E-state index contributed by atoms with van der Waals surface area (Å²) in [4.78, 5) is 0. The van der Waals surface area contributed by atoms with Gasteiger partial charge in [0, 0.05) is 18.3 Å². The molecule has 3 aliphatic carbocycles. The van der Waals surface area contributed by atoms with Gasteiger partial charge in [-0.15, -0.1) is 0 Å². The van der Waals surface area contributed by atoms with E-state index < -0.39 is 0 Å². The zero-order valence-corrected chi connectivity index (χ0v) is 22.3. The van der Waals surface area contributed by atoms with E-state index in [1.54, 1.807) is 0 Å². The first-order chi connectivity index (χ1) is 16.5. The Morgan fingerprint density at radius 3 is 2.56 bits per heavy atom. The van der Waals surface area contributed by atoms with Gasteiger partial charge in [-0.1, -0.05) is 49.8 Å². The highest BCUT2D eigenvalue weighted by atomic mass is 16.5. The fourth-order valence-electron chi connectivity index (χ4n) is 6.16. The van der Waals surface area contributed by atoms with Crippen LogP contribution in [0.15, 0.2) is 58.9 Å². The van der Waals surface area contributed by atoms with E-state index in [-0.39, 0.29) is 0 Å². The molecule has 5 atom stereocenters. The Bertz CT molecular complexity index is 879. The fraction of sp³-hybridized carbons (Fsp3) is 0.656. The molecule has 186 valence electrons. The minimum Gasteiger partial charge on any atom is -0.497 e. The molecule has 1 aliphatic heterocycles. The lowest BCUT2D eigenvalue weighted by Gasteiger charge is -2.34. The second-order valence-corrected chi connectivity index (χ2v) is 11.4. The molecule has 0 bridgehead atoms. The summed E-state index contributed by atoms with van der Waals surface area (Å²) in [7, 11) is 0. The van der Waals surface area contributed by atoms with E-state index in [4.69, 9.17) is 4.74 Å². The van der Waals surface area contributed by atoms with Crippen LogP contribution in [-0.4, -0.2) is 30.5 Å². The predicted molar refractivity (Wildman–Crippen MR) is 145 cm³/mol. The van der Waals surface area contributed by atoms with E-state index in [2.05, 4.69) is 74.9 Å². The summed E-state index contributed by atoms with van der Waals surface area (Å²) in [6.07, 6.45) is 28.5. The molecule has 0 N–H and O–H groups in total. The summed E-state index contributed by atoms with van der Waals surface area (Å²) >= 11 is 0. The van der Waals surface area contributed by atoms with Gasteiger partial charge in [-0.05, 0) is 93.8 Å². The lowest BCUT2D eigenvalue weighted by Crippen LogP contribution is -2.27. The molecule has 0 spiro atoms. The third-order valence-electron chi connectivity index (χ3n) is 8.64. The van der Waals surface area contributed by atoms with Crippen molar-refractivity contribution in [2.24, 2.45) is 29.6 Å². The van der Waals surface area contributed by atoms with Gasteiger partial charge in [0.1, 0.15) is 18.5 Å². The number of allylic oxidation sites excluding steroid dienone is 9. The summed E-state index contributed by atoms with van der Waals surface area (Å²) in [6, 6.07) is 0. The molecule has 0 aromatic heterocycles. The van der Waals surface area contributed by atoms with Gasteiger partial charge in [-0.2, -0.15) is 0 Å². The van der Waals surface area contributed by atoms with Crippen molar-refractivity contribution < 1.29 is 9.31 Å². The molecule has 0 radical (unpaired) electrons. The van der Waals surface area contributed by atoms with Crippen LogP contribution in [0.4, 0.5) is 0 Å². The Labute approximate surface area is 209 Å². The average molecular weight is 463 g/mol. The van der Waals surface area contributed by atoms with Gasteiger partial charge in [-0.3, -0.25) is 0 Å². The highest BCUT2D eigenvalue weighted by Gasteiger charge is 2.31. The van der Waals surface area contributed by atoms with E-state index in [1.165, 1.54) is 80.4 Å². The molecule has 2 nitrogen and oxygen atoms in total. The van der Waals surface area contributed by atoms with E-state index in [9.17, 15) is 0 Å². The number of rotatable bonds is 10. The van der Waals surface area contributed by atoms with Gasteiger partial charge in [0.25, 0.3) is 0 Å². The fourth-order valence-corrected chi connectivity index (χ4v) is 6.16. The van der Waals surface area contributed by atoms with Crippen molar-refractivity contribution in [2.45, 2.75) is 85.5 Å². The van der Waals surface area contributed by atoms with Crippen molar-refractivity contribution in [2.75, 3.05) is 19.7 Å². The standard InChI is InChI=1S/C32H48NO/c1-5-26-13-15-28(16-14-26)29-22-30(24(2)3)31(21-25(4)27-11-7-6-8-12-27)32(23-29)34-20-10-19-33-17-9-18-33/h7,11,13,15,17,22-23,25-28,31H,5-6,8-10,12,14,16,18-21H2,1-4H3/q+1. The molecule has 4 rings (SSSR count). The van der Waals surface area contributed by atoms with Crippen molar-refractivity contribution in [3.8, 4) is 0 Å². The summed E-state index contributed by atoms with van der Waals surface area (Å²) in [5.41, 5.74) is 4.43. The maximum Gasteiger partial charge on any atom is 0.151 e. The van der Waals surface area contributed by atoms with Crippen molar-refractivity contribution in [1.82, 2.24) is 0 Å². The second kappa shape index (κ2) is 12.2. The normalized spacial score (nSPS) is 29.6. The minimum atomic E-state index is 0.394. The molecule has 0 saturated heterocycles. The molecule has 0 aromatic rings. The van der Waals surface area contributed by atoms with Crippen LogP contribution in [0.25, 0.3) is 0 Å². The maximum absolute atomic E-state index is 6.65. The molecular formula is C32H48NO+. The molecule has 0 amide bonds. The van der Waals surface area contributed by atoms with Crippen molar-refractivity contribution in [3.05, 3.63) is 58.9 Å². The van der Waals surface area contributed by atoms with Crippen molar-refractivity contribution >= 4 is 6.21 Å². The monoisotopic (exact) mass is 462 g/mol. The number of hydrogen-bond donors (Lipinski definition) is 0. The van der Waals surface area contributed by atoms with E-state index in [0.717, 1.165) is 25.5 Å². The summed E-state index contributed by atoms with van der Waals surface area (Å²) in [5, 5.41) is 0. The summed E-state index contributed by atoms with van der Waals surface area (Å²) < 4.78 is 9.08. The maximum atomic E-state index is 6.65.